The van der Waals surface area contributed by atoms with Gasteiger partial charge in [0.15, 0.2) is 0 Å². The number of halogens is 16. The van der Waals surface area contributed by atoms with Gasteiger partial charge in [-0.25, -0.2) is 4.79 Å². The number of hydrogen-bond donors (Lipinski definition) is 1. The van der Waals surface area contributed by atoms with Crippen LogP contribution in [0.25, 0.3) is 0 Å². The molecule has 0 aliphatic rings. The highest BCUT2D eigenvalue weighted by atomic mass is 19.4. The van der Waals surface area contributed by atoms with Crippen molar-refractivity contribution >= 4 is 5.97 Å². The SMILES string of the molecule is C=CC(=O)O.FC(F)(F)C(F)(F)C(F)(F)C(F)(F)C(F)(F)C(F)(F)C(F)(F)F. The van der Waals surface area contributed by atoms with E-state index in [1.54, 1.807) is 0 Å². The van der Waals surface area contributed by atoms with Crippen molar-refractivity contribution in [1.29, 1.82) is 0 Å². The fraction of sp³-hybridized carbons (Fsp3) is 0.700. The molecule has 0 aromatic rings. The summed E-state index contributed by atoms with van der Waals surface area (Å²) in [7, 11) is 0. The standard InChI is InChI=1S/C7F16.C3H4O2/c8-1(9,2(10,11)4(14,15)6(18,19)20)3(12,13)5(16,17)7(21,22)23;1-2-3(4)5/h;2H,1H2,(H,4,5). The van der Waals surface area contributed by atoms with E-state index in [0.29, 0.717) is 0 Å². The Morgan fingerprint density at radius 1 is 0.536 bits per heavy atom. The molecule has 0 saturated heterocycles. The maximum absolute atomic E-state index is 12.6. The number of carbonyl (C=O) groups is 1. The van der Waals surface area contributed by atoms with Crippen LogP contribution in [-0.2, 0) is 4.79 Å². The number of carboxylic acid groups (broad SMARTS) is 1. The first kappa shape index (κ1) is 28.3. The third kappa shape index (κ3) is 4.39. The van der Waals surface area contributed by atoms with Crippen molar-refractivity contribution < 1.29 is 80.1 Å². The Hall–Kier alpha value is -1.91. The van der Waals surface area contributed by atoms with Gasteiger partial charge in [-0.3, -0.25) is 0 Å². The topological polar surface area (TPSA) is 37.3 Å². The zero-order valence-corrected chi connectivity index (χ0v) is 12.2. The van der Waals surface area contributed by atoms with Crippen molar-refractivity contribution in [1.82, 2.24) is 0 Å². The lowest BCUT2D eigenvalue weighted by atomic mass is 9.94. The molecule has 28 heavy (non-hydrogen) atoms. The molecule has 0 aliphatic carbocycles. The summed E-state index contributed by atoms with van der Waals surface area (Å²) < 4.78 is 193. The van der Waals surface area contributed by atoms with Crippen molar-refractivity contribution in [3.8, 4) is 0 Å². The molecule has 0 spiro atoms. The van der Waals surface area contributed by atoms with E-state index in [1.165, 1.54) is 0 Å². The molecule has 0 saturated carbocycles. The van der Waals surface area contributed by atoms with Gasteiger partial charge in [0, 0.05) is 6.08 Å². The molecule has 0 bridgehead atoms. The van der Waals surface area contributed by atoms with Crippen molar-refractivity contribution in [3.05, 3.63) is 12.7 Å². The van der Waals surface area contributed by atoms with E-state index < -0.39 is 47.9 Å². The Bertz CT molecular complexity index is 529. The summed E-state index contributed by atoms with van der Waals surface area (Å²) in [5.41, 5.74) is 0. The van der Waals surface area contributed by atoms with Crippen molar-refractivity contribution in [2.45, 2.75) is 42.0 Å². The predicted octanol–water partition coefficient (Wildman–Crippen LogP) is 5.54. The van der Waals surface area contributed by atoms with Crippen LogP contribution in [0.2, 0.25) is 0 Å². The zero-order chi connectivity index (χ0) is 23.8. The van der Waals surface area contributed by atoms with Gasteiger partial charge in [-0.1, -0.05) is 6.58 Å². The van der Waals surface area contributed by atoms with Crippen LogP contribution in [0, 0.1) is 0 Å². The number of carboxylic acids is 1. The number of hydrogen-bond acceptors (Lipinski definition) is 1. The van der Waals surface area contributed by atoms with Crippen LogP contribution in [0.3, 0.4) is 0 Å². The van der Waals surface area contributed by atoms with E-state index >= 15 is 0 Å². The Balaban J connectivity index is 0. The van der Waals surface area contributed by atoms with E-state index in [1.807, 2.05) is 0 Å². The molecular weight excluding hydrogens is 456 g/mol. The van der Waals surface area contributed by atoms with E-state index in [-0.39, 0.29) is 0 Å². The molecule has 0 rings (SSSR count). The minimum Gasteiger partial charge on any atom is -0.478 e. The fourth-order valence-electron chi connectivity index (χ4n) is 0.948. The summed E-state index contributed by atoms with van der Waals surface area (Å²) in [5.74, 6) is -42.2. The fourth-order valence-corrected chi connectivity index (χ4v) is 0.948. The number of rotatable bonds is 5. The summed E-state index contributed by atoms with van der Waals surface area (Å²) in [5, 5.41) is 7.60. The van der Waals surface area contributed by atoms with Gasteiger partial charge in [0.05, 0.1) is 0 Å². The first-order valence-electron chi connectivity index (χ1n) is 5.65. The number of aliphatic carboxylic acids is 1. The molecule has 168 valence electrons. The summed E-state index contributed by atoms with van der Waals surface area (Å²) in [4.78, 5) is 9.25. The minimum atomic E-state index is -8.43. The van der Waals surface area contributed by atoms with Gasteiger partial charge in [0.1, 0.15) is 0 Å². The molecule has 18 heteroatoms. The Labute approximate surface area is 142 Å². The summed E-state index contributed by atoms with van der Waals surface area (Å²) in [6.45, 7) is 2.96. The average Bonchev–Trinajstić information content (AvgIpc) is 2.44. The van der Waals surface area contributed by atoms with Crippen LogP contribution in [0.1, 0.15) is 0 Å². The molecule has 2 nitrogen and oxygen atoms in total. The Kier molecular flexibility index (Phi) is 7.57. The molecular formula is C10H4F16O2. The summed E-state index contributed by atoms with van der Waals surface area (Å²) in [6.07, 6.45) is -14.5. The first-order valence-corrected chi connectivity index (χ1v) is 5.65. The molecule has 1 N–H and O–H groups in total. The molecule has 0 aromatic carbocycles. The smallest absolute Gasteiger partial charge is 0.460 e. The van der Waals surface area contributed by atoms with Crippen LogP contribution < -0.4 is 0 Å². The minimum absolute atomic E-state index is 0.833. The van der Waals surface area contributed by atoms with Crippen LogP contribution >= 0.6 is 0 Å². The molecule has 0 aliphatic heterocycles. The van der Waals surface area contributed by atoms with Crippen LogP contribution in [0.15, 0.2) is 12.7 Å². The Morgan fingerprint density at radius 2 is 0.679 bits per heavy atom. The molecule has 0 fully saturated rings. The van der Waals surface area contributed by atoms with E-state index in [0.717, 1.165) is 6.08 Å². The maximum atomic E-state index is 12.6. The summed E-state index contributed by atoms with van der Waals surface area (Å²) >= 11 is 0. The number of alkyl halides is 16. The van der Waals surface area contributed by atoms with Gasteiger partial charge >= 0.3 is 47.9 Å². The van der Waals surface area contributed by atoms with E-state index in [9.17, 15) is 75.0 Å². The first-order chi connectivity index (χ1) is 11.8. The molecule has 0 atom stereocenters. The van der Waals surface area contributed by atoms with E-state index in [2.05, 4.69) is 6.58 Å². The molecule has 0 heterocycles. The van der Waals surface area contributed by atoms with Gasteiger partial charge in [0.2, 0.25) is 0 Å². The second kappa shape index (κ2) is 7.49. The van der Waals surface area contributed by atoms with Gasteiger partial charge in [-0.15, -0.1) is 0 Å². The quantitative estimate of drug-likeness (QED) is 0.432. The lowest BCUT2D eigenvalue weighted by Crippen LogP contribution is -2.72. The molecule has 0 unspecified atom stereocenters. The predicted molar refractivity (Wildman–Crippen MR) is 54.7 cm³/mol. The van der Waals surface area contributed by atoms with Gasteiger partial charge in [-0.05, 0) is 0 Å². The van der Waals surface area contributed by atoms with Crippen LogP contribution in [-0.4, -0.2) is 53.0 Å². The normalized spacial score (nSPS) is 14.9. The maximum Gasteiger partial charge on any atom is 0.460 e. The Morgan fingerprint density at radius 3 is 0.786 bits per heavy atom. The second-order valence-electron chi connectivity index (χ2n) is 4.41. The van der Waals surface area contributed by atoms with Crippen molar-refractivity contribution in [2.24, 2.45) is 0 Å². The largest absolute Gasteiger partial charge is 0.478 e. The third-order valence-corrected chi connectivity index (χ3v) is 2.46. The van der Waals surface area contributed by atoms with Crippen molar-refractivity contribution in [3.63, 3.8) is 0 Å². The van der Waals surface area contributed by atoms with E-state index in [4.69, 9.17) is 5.11 Å². The molecule has 0 aromatic heterocycles. The van der Waals surface area contributed by atoms with Gasteiger partial charge in [-0.2, -0.15) is 70.2 Å². The average molecular weight is 460 g/mol. The lowest BCUT2D eigenvalue weighted by molar-refractivity contribution is -0.461. The highest BCUT2D eigenvalue weighted by Gasteiger charge is 2.93. The van der Waals surface area contributed by atoms with Crippen molar-refractivity contribution in [2.75, 3.05) is 0 Å². The molecule has 0 amide bonds. The highest BCUT2D eigenvalue weighted by molar-refractivity contribution is 5.78. The summed E-state index contributed by atoms with van der Waals surface area (Å²) in [6, 6.07) is 0. The van der Waals surface area contributed by atoms with Gasteiger partial charge in [0.25, 0.3) is 0 Å². The molecule has 0 radical (unpaired) electrons. The van der Waals surface area contributed by atoms with Gasteiger partial charge < -0.3 is 5.11 Å². The lowest BCUT2D eigenvalue weighted by Gasteiger charge is -2.39. The van der Waals surface area contributed by atoms with Crippen LogP contribution in [0.5, 0.6) is 0 Å². The second-order valence-corrected chi connectivity index (χ2v) is 4.41. The highest BCUT2D eigenvalue weighted by Crippen LogP contribution is 2.62. The third-order valence-electron chi connectivity index (χ3n) is 2.46. The van der Waals surface area contributed by atoms with Crippen LogP contribution in [0.4, 0.5) is 70.2 Å². The monoisotopic (exact) mass is 460 g/mol. The zero-order valence-electron chi connectivity index (χ0n) is 12.2.